The molecule has 0 spiro atoms. The Balaban J connectivity index is 2.28. The Bertz CT molecular complexity index is 670. The van der Waals surface area contributed by atoms with E-state index in [0.29, 0.717) is 12.4 Å². The first-order valence-corrected chi connectivity index (χ1v) is 8.54. The van der Waals surface area contributed by atoms with Crippen molar-refractivity contribution in [1.29, 1.82) is 0 Å². The molecule has 0 amide bonds. The fourth-order valence-electron chi connectivity index (χ4n) is 1.77. The molecule has 0 unspecified atom stereocenters. The summed E-state index contributed by atoms with van der Waals surface area (Å²) in [4.78, 5) is 0. The number of aliphatic hydroxyl groups excluding tert-OH is 3. The molecule has 0 radical (unpaired) electrons. The molecule has 0 aromatic heterocycles. The normalized spacial score (nSPS) is 15.0. The summed E-state index contributed by atoms with van der Waals surface area (Å²) in [5, 5.41) is 28.9. The predicted octanol–water partition coefficient (Wildman–Crippen LogP) is 2.00. The van der Waals surface area contributed by atoms with E-state index in [1.54, 1.807) is 18.2 Å². The number of aliphatic hydroxyl groups is 3. The number of hydrogen-bond donors (Lipinski definition) is 3. The quantitative estimate of drug-likeness (QED) is 0.430. The second-order valence-corrected chi connectivity index (χ2v) is 5.44. The molecule has 0 aliphatic carbocycles. The fourth-order valence-corrected chi connectivity index (χ4v) is 1.77. The third kappa shape index (κ3) is 11.0. The molecule has 5 nitrogen and oxygen atoms in total. The number of allylic oxidation sites excluding steroid dienone is 4. The van der Waals surface area contributed by atoms with Gasteiger partial charge < -0.3 is 24.8 Å². The first-order valence-electron chi connectivity index (χ1n) is 8.54. The van der Waals surface area contributed by atoms with Gasteiger partial charge in [0.25, 0.3) is 0 Å². The highest BCUT2D eigenvalue weighted by molar-refractivity contribution is 5.26. The Morgan fingerprint density at radius 3 is 2.41 bits per heavy atom. The number of benzene rings is 1. The van der Waals surface area contributed by atoms with Gasteiger partial charge in [-0.25, -0.2) is 4.39 Å². The van der Waals surface area contributed by atoms with Crippen molar-refractivity contribution in [1.82, 2.24) is 0 Å². The van der Waals surface area contributed by atoms with E-state index in [2.05, 4.69) is 11.8 Å². The molecule has 3 N–H and O–H groups in total. The molecule has 0 aliphatic rings. The highest BCUT2D eigenvalue weighted by atomic mass is 19.1. The van der Waals surface area contributed by atoms with E-state index < -0.39 is 18.3 Å². The second kappa shape index (κ2) is 13.7. The van der Waals surface area contributed by atoms with E-state index in [4.69, 9.17) is 9.47 Å². The standard InChI is InChI=1S/C21H25FO5/c1-2-26-16-21(25)20(24)10-8-6-4-3-5-7-9-18(23)15-27-19-13-11-17(22)12-14-19/h4,6-14,18,20-21,23-25H,2,15-16H2,1H3/b6-4+,9-7+,10-8+/t18-,20+,21-/m0/s1. The molecule has 27 heavy (non-hydrogen) atoms. The van der Waals surface area contributed by atoms with Crippen molar-refractivity contribution in [2.75, 3.05) is 19.8 Å². The number of rotatable bonds is 10. The Labute approximate surface area is 159 Å². The SMILES string of the molecule is CCOC[C@H](O)[C@H](O)/C=C/C=C/C#C/C=C/[C@H](O)COc1ccc(F)cc1. The van der Waals surface area contributed by atoms with E-state index in [1.165, 1.54) is 42.5 Å². The van der Waals surface area contributed by atoms with Crippen LogP contribution in [0.5, 0.6) is 5.75 Å². The van der Waals surface area contributed by atoms with Gasteiger partial charge in [0.05, 0.1) is 6.61 Å². The smallest absolute Gasteiger partial charge is 0.123 e. The minimum atomic E-state index is -1.01. The van der Waals surface area contributed by atoms with E-state index in [9.17, 15) is 19.7 Å². The van der Waals surface area contributed by atoms with Crippen molar-refractivity contribution in [3.63, 3.8) is 0 Å². The maximum atomic E-state index is 12.8. The number of hydrogen-bond acceptors (Lipinski definition) is 5. The molecule has 0 aliphatic heterocycles. The van der Waals surface area contributed by atoms with E-state index in [1.807, 2.05) is 6.92 Å². The third-order valence-electron chi connectivity index (χ3n) is 3.21. The average molecular weight is 376 g/mol. The number of ether oxygens (including phenoxy) is 2. The van der Waals surface area contributed by atoms with Gasteiger partial charge >= 0.3 is 0 Å². The first-order chi connectivity index (χ1) is 13.0. The summed E-state index contributed by atoms with van der Waals surface area (Å²) in [6, 6.07) is 5.53. The summed E-state index contributed by atoms with van der Waals surface area (Å²) in [7, 11) is 0. The van der Waals surface area contributed by atoms with Crippen molar-refractivity contribution >= 4 is 0 Å². The Morgan fingerprint density at radius 2 is 1.70 bits per heavy atom. The van der Waals surface area contributed by atoms with Gasteiger partial charge in [-0.05, 0) is 49.4 Å². The molecule has 3 atom stereocenters. The summed E-state index contributed by atoms with van der Waals surface area (Å²) in [5.74, 6) is 5.56. The van der Waals surface area contributed by atoms with Crippen LogP contribution in [0.15, 0.2) is 60.7 Å². The monoisotopic (exact) mass is 376 g/mol. The topological polar surface area (TPSA) is 79.2 Å². The highest BCUT2D eigenvalue weighted by Gasteiger charge is 2.12. The van der Waals surface area contributed by atoms with Crippen LogP contribution in [0, 0.1) is 17.7 Å². The van der Waals surface area contributed by atoms with Gasteiger partial charge in [-0.15, -0.1) is 0 Å². The Kier molecular flexibility index (Phi) is 11.5. The first kappa shape index (κ1) is 22.6. The third-order valence-corrected chi connectivity index (χ3v) is 3.21. The summed E-state index contributed by atoms with van der Waals surface area (Å²) in [5.41, 5.74) is 0. The number of halogens is 1. The van der Waals surface area contributed by atoms with Crippen molar-refractivity contribution < 1.29 is 29.2 Å². The zero-order valence-corrected chi connectivity index (χ0v) is 15.2. The molecule has 1 rings (SSSR count). The maximum absolute atomic E-state index is 12.8. The highest BCUT2D eigenvalue weighted by Crippen LogP contribution is 2.11. The van der Waals surface area contributed by atoms with Crippen LogP contribution < -0.4 is 4.74 Å². The molecular formula is C21H25FO5. The van der Waals surface area contributed by atoms with Crippen LogP contribution in [-0.4, -0.2) is 53.5 Å². The predicted molar refractivity (Wildman–Crippen MR) is 102 cm³/mol. The van der Waals surface area contributed by atoms with Crippen LogP contribution in [-0.2, 0) is 4.74 Å². The van der Waals surface area contributed by atoms with Crippen molar-refractivity contribution in [2.24, 2.45) is 0 Å². The van der Waals surface area contributed by atoms with Gasteiger partial charge in [-0.2, -0.15) is 0 Å². The summed E-state index contributed by atoms with van der Waals surface area (Å²) in [6.45, 7) is 2.39. The van der Waals surface area contributed by atoms with Gasteiger partial charge in [0.15, 0.2) is 0 Å². The summed E-state index contributed by atoms with van der Waals surface area (Å²) < 4.78 is 23.1. The fraction of sp³-hybridized carbons (Fsp3) is 0.333. The lowest BCUT2D eigenvalue weighted by Gasteiger charge is -2.13. The van der Waals surface area contributed by atoms with Gasteiger partial charge in [-0.3, -0.25) is 0 Å². The van der Waals surface area contributed by atoms with E-state index in [0.717, 1.165) is 0 Å². The van der Waals surface area contributed by atoms with E-state index in [-0.39, 0.29) is 19.0 Å². The molecule has 1 aromatic rings. The minimum Gasteiger partial charge on any atom is -0.491 e. The molecule has 0 bridgehead atoms. The molecule has 6 heteroatoms. The Hall–Kier alpha value is -2.43. The molecule has 0 saturated heterocycles. The minimum absolute atomic E-state index is 0.0321. The molecular weight excluding hydrogens is 351 g/mol. The second-order valence-electron chi connectivity index (χ2n) is 5.44. The van der Waals surface area contributed by atoms with Gasteiger partial charge in [0.1, 0.15) is 36.5 Å². The van der Waals surface area contributed by atoms with Crippen LogP contribution in [0.2, 0.25) is 0 Å². The summed E-state index contributed by atoms with van der Waals surface area (Å²) in [6.07, 6.45) is 6.34. The zero-order valence-electron chi connectivity index (χ0n) is 15.2. The molecule has 0 heterocycles. The average Bonchev–Trinajstić information content (AvgIpc) is 2.67. The van der Waals surface area contributed by atoms with Crippen LogP contribution in [0.4, 0.5) is 4.39 Å². The molecule has 146 valence electrons. The van der Waals surface area contributed by atoms with Crippen molar-refractivity contribution in [3.05, 3.63) is 66.5 Å². The lowest BCUT2D eigenvalue weighted by Crippen LogP contribution is -2.28. The molecule has 1 aromatic carbocycles. The van der Waals surface area contributed by atoms with Crippen molar-refractivity contribution in [3.8, 4) is 17.6 Å². The van der Waals surface area contributed by atoms with Crippen LogP contribution in [0.3, 0.4) is 0 Å². The van der Waals surface area contributed by atoms with Gasteiger partial charge in [-0.1, -0.05) is 30.1 Å². The summed E-state index contributed by atoms with van der Waals surface area (Å²) >= 11 is 0. The van der Waals surface area contributed by atoms with Gasteiger partial charge in [0, 0.05) is 6.61 Å². The molecule has 0 saturated carbocycles. The lowest BCUT2D eigenvalue weighted by molar-refractivity contribution is -0.0167. The van der Waals surface area contributed by atoms with Crippen LogP contribution in [0.1, 0.15) is 6.92 Å². The largest absolute Gasteiger partial charge is 0.491 e. The van der Waals surface area contributed by atoms with Crippen LogP contribution in [0.25, 0.3) is 0 Å². The van der Waals surface area contributed by atoms with E-state index >= 15 is 0 Å². The van der Waals surface area contributed by atoms with Crippen LogP contribution >= 0.6 is 0 Å². The lowest BCUT2D eigenvalue weighted by atomic mass is 10.2. The van der Waals surface area contributed by atoms with Crippen molar-refractivity contribution in [2.45, 2.75) is 25.2 Å². The Morgan fingerprint density at radius 1 is 1.00 bits per heavy atom. The molecule has 0 fully saturated rings. The maximum Gasteiger partial charge on any atom is 0.123 e. The zero-order chi connectivity index (χ0) is 19.9. The van der Waals surface area contributed by atoms with Gasteiger partial charge in [0.2, 0.25) is 0 Å².